The lowest BCUT2D eigenvalue weighted by atomic mass is 9.90. The number of hydrogen-bond acceptors (Lipinski definition) is 5. The third-order valence-corrected chi connectivity index (χ3v) is 4.98. The molecule has 1 saturated heterocycles. The second-order valence-electron chi connectivity index (χ2n) is 6.36. The molecule has 0 radical (unpaired) electrons. The lowest BCUT2D eigenvalue weighted by Gasteiger charge is -2.31. The first kappa shape index (κ1) is 17.8. The fourth-order valence-electron chi connectivity index (χ4n) is 3.28. The quantitative estimate of drug-likeness (QED) is 0.582. The summed E-state index contributed by atoms with van der Waals surface area (Å²) in [5.74, 6) is 1.17. The highest BCUT2D eigenvalue weighted by Gasteiger charge is 2.23. The van der Waals surface area contributed by atoms with Crippen LogP contribution in [0.15, 0.2) is 36.7 Å². The van der Waals surface area contributed by atoms with Crippen LogP contribution in [0.2, 0.25) is 5.15 Å². The third kappa shape index (κ3) is 4.55. The van der Waals surface area contributed by atoms with Gasteiger partial charge < -0.3 is 4.74 Å². The summed E-state index contributed by atoms with van der Waals surface area (Å²) in [5.41, 5.74) is 1.63. The van der Waals surface area contributed by atoms with E-state index in [-0.39, 0.29) is 5.78 Å². The number of rotatable bonds is 6. The average Bonchev–Trinajstić information content (AvgIpc) is 2.64. The van der Waals surface area contributed by atoms with E-state index in [1.54, 1.807) is 31.6 Å². The predicted octanol–water partition coefficient (Wildman–Crippen LogP) is 3.62. The van der Waals surface area contributed by atoms with Gasteiger partial charge in [0.2, 0.25) is 5.88 Å². The molecule has 0 bridgehead atoms. The smallest absolute Gasteiger partial charge is 0.217 e. The van der Waals surface area contributed by atoms with Crippen molar-refractivity contribution in [3.63, 3.8) is 0 Å². The summed E-state index contributed by atoms with van der Waals surface area (Å²) < 4.78 is 5.32. The van der Waals surface area contributed by atoms with Crippen LogP contribution in [0.3, 0.4) is 0 Å². The maximum atomic E-state index is 12.4. The number of likely N-dealkylation sites (tertiary alicyclic amines) is 1. The highest BCUT2D eigenvalue weighted by Crippen LogP contribution is 2.26. The average molecular weight is 360 g/mol. The number of methoxy groups -OCH3 is 1. The van der Waals surface area contributed by atoms with E-state index in [9.17, 15) is 4.79 Å². The van der Waals surface area contributed by atoms with Crippen molar-refractivity contribution in [2.45, 2.75) is 25.8 Å². The van der Waals surface area contributed by atoms with E-state index in [1.807, 2.05) is 12.1 Å². The molecule has 0 N–H and O–H groups in total. The zero-order valence-corrected chi connectivity index (χ0v) is 15.1. The first-order chi connectivity index (χ1) is 12.2. The highest BCUT2D eigenvalue weighted by molar-refractivity contribution is 6.32. The molecule has 1 aliphatic rings. The maximum absolute atomic E-state index is 12.4. The summed E-state index contributed by atoms with van der Waals surface area (Å²) in [4.78, 5) is 23.0. The lowest BCUT2D eigenvalue weighted by Crippen LogP contribution is -2.34. The highest BCUT2D eigenvalue weighted by atomic mass is 35.5. The van der Waals surface area contributed by atoms with Crippen LogP contribution in [0.4, 0.5) is 0 Å². The molecule has 0 aliphatic carbocycles. The molecule has 2 aromatic rings. The third-order valence-electron chi connectivity index (χ3n) is 4.68. The summed E-state index contributed by atoms with van der Waals surface area (Å²) in [7, 11) is 1.65. The molecule has 0 aromatic carbocycles. The number of aromatic nitrogens is 2. The second-order valence-corrected chi connectivity index (χ2v) is 6.72. The van der Waals surface area contributed by atoms with Gasteiger partial charge in [0.25, 0.3) is 0 Å². The monoisotopic (exact) mass is 359 g/mol. The minimum atomic E-state index is 0.0884. The number of Topliss-reactive ketones (excluding diaryl/α,β-unsaturated/α-hetero) is 1. The van der Waals surface area contributed by atoms with Crippen molar-refractivity contribution in [2.24, 2.45) is 5.92 Å². The number of pyridine rings is 2. The number of piperidine rings is 1. The minimum absolute atomic E-state index is 0.0884. The van der Waals surface area contributed by atoms with Crippen LogP contribution in [0.25, 0.3) is 0 Å². The Morgan fingerprint density at radius 2 is 1.96 bits per heavy atom. The van der Waals surface area contributed by atoms with Crippen molar-refractivity contribution in [1.29, 1.82) is 0 Å². The number of carbonyl (C=O) groups excluding carboxylic acids is 1. The Bertz CT molecular complexity index is 730. The van der Waals surface area contributed by atoms with Gasteiger partial charge in [-0.25, -0.2) is 9.97 Å². The van der Waals surface area contributed by atoms with E-state index in [2.05, 4.69) is 14.9 Å². The Morgan fingerprint density at radius 1 is 1.24 bits per heavy atom. The van der Waals surface area contributed by atoms with E-state index in [0.29, 0.717) is 28.9 Å². The van der Waals surface area contributed by atoms with Crippen LogP contribution in [0.5, 0.6) is 5.88 Å². The molecular weight excluding hydrogens is 338 g/mol. The van der Waals surface area contributed by atoms with E-state index < -0.39 is 0 Å². The zero-order valence-electron chi connectivity index (χ0n) is 14.3. The molecule has 1 aliphatic heterocycles. The van der Waals surface area contributed by atoms with Crippen LogP contribution in [0.1, 0.15) is 35.2 Å². The Balaban J connectivity index is 1.52. The molecule has 132 valence electrons. The van der Waals surface area contributed by atoms with Crippen LogP contribution in [-0.4, -0.2) is 40.9 Å². The Morgan fingerprint density at radius 3 is 2.68 bits per heavy atom. The number of carbonyl (C=O) groups is 1. The van der Waals surface area contributed by atoms with Crippen LogP contribution >= 0.6 is 11.6 Å². The first-order valence-corrected chi connectivity index (χ1v) is 8.89. The number of ketones is 1. The van der Waals surface area contributed by atoms with Gasteiger partial charge in [-0.2, -0.15) is 0 Å². The van der Waals surface area contributed by atoms with Crippen molar-refractivity contribution in [1.82, 2.24) is 14.9 Å². The Kier molecular flexibility index (Phi) is 6.00. The normalized spacial score (nSPS) is 15.9. The predicted molar refractivity (Wildman–Crippen MR) is 97.0 cm³/mol. The van der Waals surface area contributed by atoms with E-state index in [1.165, 1.54) is 0 Å². The molecule has 0 saturated carbocycles. The number of ether oxygens (including phenoxy) is 1. The molecule has 1 fully saturated rings. The fraction of sp³-hybridized carbons (Fsp3) is 0.421. The van der Waals surface area contributed by atoms with Crippen molar-refractivity contribution in [3.05, 3.63) is 52.9 Å². The fourth-order valence-corrected chi connectivity index (χ4v) is 3.51. The number of halogens is 1. The van der Waals surface area contributed by atoms with Crippen LogP contribution in [-0.2, 0) is 6.54 Å². The summed E-state index contributed by atoms with van der Waals surface area (Å²) in [6.45, 7) is 2.76. The van der Waals surface area contributed by atoms with Crippen molar-refractivity contribution >= 4 is 17.4 Å². The summed E-state index contributed by atoms with van der Waals surface area (Å²) in [6.07, 6.45) is 5.89. The van der Waals surface area contributed by atoms with Crippen LogP contribution < -0.4 is 4.74 Å². The zero-order chi connectivity index (χ0) is 17.6. The maximum Gasteiger partial charge on any atom is 0.217 e. The standard InChI is InChI=1S/C19H22ClN3O2/c1-25-19-15(4-2-9-22-19)13-23-10-6-14(7-11-23)12-17(24)16-5-3-8-21-18(16)20/h2-5,8-9,14H,6-7,10-13H2,1H3. The van der Waals surface area contributed by atoms with Gasteiger partial charge in [0.1, 0.15) is 5.15 Å². The Hall–Kier alpha value is -1.98. The minimum Gasteiger partial charge on any atom is -0.481 e. The van der Waals surface area contributed by atoms with E-state index in [4.69, 9.17) is 16.3 Å². The number of nitrogens with zero attached hydrogens (tertiary/aromatic N) is 3. The van der Waals surface area contributed by atoms with Gasteiger partial charge in [-0.1, -0.05) is 17.7 Å². The van der Waals surface area contributed by atoms with Crippen LogP contribution in [0, 0.1) is 5.92 Å². The topological polar surface area (TPSA) is 55.3 Å². The van der Waals surface area contributed by atoms with Gasteiger partial charge in [0, 0.05) is 30.9 Å². The molecule has 0 unspecified atom stereocenters. The molecule has 25 heavy (non-hydrogen) atoms. The lowest BCUT2D eigenvalue weighted by molar-refractivity contribution is 0.0924. The van der Waals surface area contributed by atoms with Crippen molar-refractivity contribution in [3.8, 4) is 5.88 Å². The molecule has 6 heteroatoms. The summed E-state index contributed by atoms with van der Waals surface area (Å²) >= 11 is 6.02. The summed E-state index contributed by atoms with van der Waals surface area (Å²) in [5, 5.41) is 0.300. The molecule has 0 amide bonds. The molecule has 5 nitrogen and oxygen atoms in total. The van der Waals surface area contributed by atoms with Gasteiger partial charge in [0.05, 0.1) is 12.7 Å². The second kappa shape index (κ2) is 8.41. The molecule has 0 spiro atoms. The van der Waals surface area contributed by atoms with Gasteiger partial charge in [-0.05, 0) is 50.0 Å². The van der Waals surface area contributed by atoms with Gasteiger partial charge in [-0.3, -0.25) is 9.69 Å². The van der Waals surface area contributed by atoms with Gasteiger partial charge >= 0.3 is 0 Å². The SMILES string of the molecule is COc1ncccc1CN1CCC(CC(=O)c2cccnc2Cl)CC1. The number of hydrogen-bond donors (Lipinski definition) is 0. The van der Waals surface area contributed by atoms with E-state index >= 15 is 0 Å². The van der Waals surface area contributed by atoms with Gasteiger partial charge in [-0.15, -0.1) is 0 Å². The van der Waals surface area contributed by atoms with Crippen molar-refractivity contribution < 1.29 is 9.53 Å². The summed E-state index contributed by atoms with van der Waals surface area (Å²) in [6, 6.07) is 7.48. The largest absolute Gasteiger partial charge is 0.481 e. The molecule has 0 atom stereocenters. The molecule has 2 aromatic heterocycles. The molecule has 3 rings (SSSR count). The van der Waals surface area contributed by atoms with Gasteiger partial charge in [0.15, 0.2) is 5.78 Å². The Labute approximate surface area is 153 Å². The first-order valence-electron chi connectivity index (χ1n) is 8.51. The molecule has 3 heterocycles. The van der Waals surface area contributed by atoms with Crippen molar-refractivity contribution in [2.75, 3.05) is 20.2 Å². The molecular formula is C19H22ClN3O2. The van der Waals surface area contributed by atoms with E-state index in [0.717, 1.165) is 38.0 Å².